The van der Waals surface area contributed by atoms with E-state index < -0.39 is 0 Å². The van der Waals surface area contributed by atoms with Gasteiger partial charge in [0, 0.05) is 32.0 Å². The Morgan fingerprint density at radius 2 is 2.14 bits per heavy atom. The molecule has 5 heterocycles. The fourth-order valence-corrected chi connectivity index (χ4v) is 5.38. The van der Waals surface area contributed by atoms with Crippen molar-refractivity contribution >= 4 is 22.9 Å². The number of nitrogens with zero attached hydrogens (tertiary/aromatic N) is 4. The van der Waals surface area contributed by atoms with Crippen LogP contribution in [0.1, 0.15) is 35.6 Å². The number of hydrogen-bond donors (Lipinski definition) is 0. The van der Waals surface area contributed by atoms with Gasteiger partial charge < -0.3 is 14.4 Å². The zero-order valence-corrected chi connectivity index (χ0v) is 17.0. The lowest BCUT2D eigenvalue weighted by molar-refractivity contribution is 0.0786. The van der Waals surface area contributed by atoms with E-state index in [9.17, 15) is 4.79 Å². The van der Waals surface area contributed by atoms with Gasteiger partial charge in [0.15, 0.2) is 5.82 Å². The number of amides is 1. The fourth-order valence-electron chi connectivity index (χ4n) is 4.69. The van der Waals surface area contributed by atoms with E-state index in [0.29, 0.717) is 12.5 Å². The molecule has 0 aliphatic carbocycles. The first-order valence-corrected chi connectivity index (χ1v) is 10.7. The van der Waals surface area contributed by atoms with Crippen LogP contribution in [0.5, 0.6) is 0 Å². The lowest BCUT2D eigenvalue weighted by Gasteiger charge is -2.47. The molecule has 1 spiro atoms. The van der Waals surface area contributed by atoms with Crippen molar-refractivity contribution in [3.63, 3.8) is 0 Å². The molecule has 0 unspecified atom stereocenters. The highest BCUT2D eigenvalue weighted by Crippen LogP contribution is 2.47. The van der Waals surface area contributed by atoms with E-state index in [1.165, 1.54) is 17.0 Å². The molecule has 3 aromatic rings. The Morgan fingerprint density at radius 1 is 1.25 bits per heavy atom. The number of carbonyl (C=O) groups is 1. The minimum absolute atomic E-state index is 0.145. The maximum Gasteiger partial charge on any atom is 0.264 e. The van der Waals surface area contributed by atoms with Crippen LogP contribution in [0.3, 0.4) is 0 Å². The predicted molar refractivity (Wildman–Crippen MR) is 112 cm³/mol. The molecule has 3 aromatic heterocycles. The van der Waals surface area contributed by atoms with Crippen LogP contribution in [0.15, 0.2) is 54.2 Å². The molecular formula is C22H24N4OS. The third-order valence-electron chi connectivity index (χ3n) is 5.84. The van der Waals surface area contributed by atoms with Gasteiger partial charge in [-0.25, -0.2) is 4.98 Å². The molecule has 1 saturated heterocycles. The van der Waals surface area contributed by atoms with Crippen molar-refractivity contribution in [2.45, 2.75) is 25.8 Å². The molecule has 1 fully saturated rings. The fraction of sp³-hybridized carbons (Fsp3) is 0.364. The van der Waals surface area contributed by atoms with E-state index >= 15 is 0 Å². The van der Waals surface area contributed by atoms with Crippen molar-refractivity contribution in [2.24, 2.45) is 5.92 Å². The number of likely N-dealkylation sites (tertiary alicyclic amines) is 1. The molecule has 0 saturated carbocycles. The normalized spacial score (nSPS) is 20.7. The van der Waals surface area contributed by atoms with Gasteiger partial charge in [0.1, 0.15) is 5.54 Å². The monoisotopic (exact) mass is 392 g/mol. The standard InChI is InChI=1S/C22H24N4OS/c1-16(2)14-26-17-6-3-10-23-20(17)25-11-4-8-19(25)22(26)9-12-24(15-22)21(27)18-7-5-13-28-18/h3-8,10-11,13,16H,9,12,14-15H2,1-2H3/t22-/m0/s1. The van der Waals surface area contributed by atoms with Gasteiger partial charge in [-0.05, 0) is 48.1 Å². The number of thiophene rings is 1. The highest BCUT2D eigenvalue weighted by molar-refractivity contribution is 7.12. The van der Waals surface area contributed by atoms with Crippen LogP contribution in [0, 0.1) is 5.92 Å². The topological polar surface area (TPSA) is 41.4 Å². The Hall–Kier alpha value is -2.60. The van der Waals surface area contributed by atoms with Gasteiger partial charge in [-0.2, -0.15) is 0 Å². The van der Waals surface area contributed by atoms with Gasteiger partial charge in [0.05, 0.1) is 16.3 Å². The van der Waals surface area contributed by atoms with Crippen molar-refractivity contribution in [3.05, 3.63) is 64.7 Å². The van der Waals surface area contributed by atoms with Gasteiger partial charge in [-0.1, -0.05) is 19.9 Å². The Balaban J connectivity index is 1.60. The van der Waals surface area contributed by atoms with Crippen LogP contribution in [0.25, 0.3) is 5.82 Å². The lowest BCUT2D eigenvalue weighted by atomic mass is 9.88. The first-order chi connectivity index (χ1) is 13.6. The van der Waals surface area contributed by atoms with E-state index in [1.54, 1.807) is 0 Å². The van der Waals surface area contributed by atoms with Gasteiger partial charge in [0.25, 0.3) is 5.91 Å². The smallest absolute Gasteiger partial charge is 0.264 e. The summed E-state index contributed by atoms with van der Waals surface area (Å²) in [7, 11) is 0. The molecule has 5 rings (SSSR count). The van der Waals surface area contributed by atoms with Gasteiger partial charge >= 0.3 is 0 Å². The Kier molecular flexibility index (Phi) is 4.05. The van der Waals surface area contributed by atoms with Crippen LogP contribution in [0.4, 0.5) is 5.69 Å². The SMILES string of the molecule is CC(C)CN1c2cccnc2-n2cccc2[C@@]12CCN(C(=O)c1cccs1)C2. The summed E-state index contributed by atoms with van der Waals surface area (Å²) in [5, 5.41) is 1.97. The number of carbonyl (C=O) groups excluding carboxylic acids is 1. The van der Waals surface area contributed by atoms with E-state index in [0.717, 1.165) is 35.9 Å². The van der Waals surface area contributed by atoms with Crippen LogP contribution in [-0.2, 0) is 5.54 Å². The number of anilines is 1. The number of fused-ring (bicyclic) bond motifs is 4. The third-order valence-corrected chi connectivity index (χ3v) is 6.70. The molecule has 1 atom stereocenters. The number of aromatic nitrogens is 2. The van der Waals surface area contributed by atoms with Crippen LogP contribution < -0.4 is 4.90 Å². The molecule has 6 heteroatoms. The maximum absolute atomic E-state index is 13.1. The summed E-state index contributed by atoms with van der Waals surface area (Å²) in [6.45, 7) is 6.91. The van der Waals surface area contributed by atoms with Crippen molar-refractivity contribution in [1.29, 1.82) is 0 Å². The predicted octanol–water partition coefficient (Wildman–Crippen LogP) is 4.15. The first-order valence-electron chi connectivity index (χ1n) is 9.84. The molecule has 144 valence electrons. The number of rotatable bonds is 3. The van der Waals surface area contributed by atoms with Crippen LogP contribution >= 0.6 is 11.3 Å². The first kappa shape index (κ1) is 17.5. The Bertz CT molecular complexity index is 1010. The summed E-state index contributed by atoms with van der Waals surface area (Å²) in [5.74, 6) is 1.64. The van der Waals surface area contributed by atoms with Gasteiger partial charge in [-0.15, -0.1) is 11.3 Å². The largest absolute Gasteiger partial charge is 0.355 e. The highest BCUT2D eigenvalue weighted by Gasteiger charge is 2.50. The molecule has 1 amide bonds. The zero-order valence-electron chi connectivity index (χ0n) is 16.2. The van der Waals surface area contributed by atoms with Crippen LogP contribution in [-0.4, -0.2) is 40.0 Å². The molecule has 0 bridgehead atoms. The molecular weight excluding hydrogens is 368 g/mol. The average molecular weight is 393 g/mol. The molecule has 28 heavy (non-hydrogen) atoms. The summed E-state index contributed by atoms with van der Waals surface area (Å²) in [4.78, 5) is 23.1. The second-order valence-corrected chi connectivity index (χ2v) is 9.05. The second-order valence-electron chi connectivity index (χ2n) is 8.10. The summed E-state index contributed by atoms with van der Waals surface area (Å²) in [6.07, 6.45) is 4.88. The maximum atomic E-state index is 13.1. The van der Waals surface area contributed by atoms with Crippen molar-refractivity contribution < 1.29 is 4.79 Å². The highest BCUT2D eigenvalue weighted by atomic mass is 32.1. The van der Waals surface area contributed by atoms with Crippen molar-refractivity contribution in [3.8, 4) is 5.82 Å². The summed E-state index contributed by atoms with van der Waals surface area (Å²) < 4.78 is 2.21. The lowest BCUT2D eigenvalue weighted by Crippen LogP contribution is -2.53. The average Bonchev–Trinajstić information content (AvgIpc) is 3.45. The zero-order chi connectivity index (χ0) is 19.3. The minimum Gasteiger partial charge on any atom is -0.355 e. The molecule has 2 aliphatic rings. The number of pyridine rings is 1. The molecule has 0 N–H and O–H groups in total. The molecule has 0 aromatic carbocycles. The van der Waals surface area contributed by atoms with Gasteiger partial charge in [-0.3, -0.25) is 4.79 Å². The number of hydrogen-bond acceptors (Lipinski definition) is 4. The van der Waals surface area contributed by atoms with Crippen molar-refractivity contribution in [2.75, 3.05) is 24.5 Å². The summed E-state index contributed by atoms with van der Waals surface area (Å²) >= 11 is 1.52. The van der Waals surface area contributed by atoms with E-state index in [1.807, 2.05) is 34.7 Å². The molecule has 5 nitrogen and oxygen atoms in total. The Morgan fingerprint density at radius 3 is 2.93 bits per heavy atom. The second kappa shape index (κ2) is 6.48. The van der Waals surface area contributed by atoms with Crippen molar-refractivity contribution in [1.82, 2.24) is 14.5 Å². The summed E-state index contributed by atoms with van der Waals surface area (Å²) in [6, 6.07) is 12.3. The Labute approximate surface area is 169 Å². The van der Waals surface area contributed by atoms with Crippen LogP contribution in [0.2, 0.25) is 0 Å². The molecule has 2 aliphatic heterocycles. The minimum atomic E-state index is -0.212. The van der Waals surface area contributed by atoms with E-state index in [-0.39, 0.29) is 11.4 Å². The third kappa shape index (κ3) is 2.51. The van der Waals surface area contributed by atoms with Gasteiger partial charge in [0.2, 0.25) is 0 Å². The van der Waals surface area contributed by atoms with E-state index in [4.69, 9.17) is 0 Å². The summed E-state index contributed by atoms with van der Waals surface area (Å²) in [5.41, 5.74) is 2.18. The quantitative estimate of drug-likeness (QED) is 0.672. The molecule has 0 radical (unpaired) electrons. The van der Waals surface area contributed by atoms with E-state index in [2.05, 4.69) is 52.7 Å².